The molecule has 0 fully saturated rings. The zero-order valence-electron chi connectivity index (χ0n) is 17.9. The number of hydrogen-bond acceptors (Lipinski definition) is 7. The van der Waals surface area contributed by atoms with Crippen molar-refractivity contribution in [3.63, 3.8) is 0 Å². The number of thiophene rings is 1. The minimum absolute atomic E-state index is 0.0951. The van der Waals surface area contributed by atoms with Crippen LogP contribution in [0.4, 0.5) is 5.82 Å². The lowest BCUT2D eigenvalue weighted by atomic mass is 10.2. The Morgan fingerprint density at radius 3 is 2.53 bits per heavy atom. The highest BCUT2D eigenvalue weighted by Crippen LogP contribution is 2.33. The van der Waals surface area contributed by atoms with Gasteiger partial charge in [-0.15, -0.1) is 11.3 Å². The van der Waals surface area contributed by atoms with Crippen LogP contribution in [0, 0.1) is 20.8 Å². The first kappa shape index (κ1) is 20.7. The van der Waals surface area contributed by atoms with Gasteiger partial charge in [-0.05, 0) is 50.6 Å². The molecule has 0 atom stereocenters. The highest BCUT2D eigenvalue weighted by atomic mass is 32.2. The number of para-hydroxylation sites is 1. The molecule has 0 aliphatic rings. The first-order valence-corrected chi connectivity index (χ1v) is 12.0. The van der Waals surface area contributed by atoms with Crippen LogP contribution in [0.5, 0.6) is 0 Å². The summed E-state index contributed by atoms with van der Waals surface area (Å²) in [5, 5.41) is 2.11. The van der Waals surface area contributed by atoms with Crippen molar-refractivity contribution in [2.75, 3.05) is 5.73 Å². The summed E-state index contributed by atoms with van der Waals surface area (Å²) in [5.41, 5.74) is 9.86. The summed E-state index contributed by atoms with van der Waals surface area (Å²) < 4.78 is 1.66. The molecule has 0 spiro atoms. The Bertz CT molecular complexity index is 1540. The lowest BCUT2D eigenvalue weighted by molar-refractivity contribution is 0.818. The monoisotopic (exact) mass is 459 g/mol. The number of nitrogens with two attached hydrogens (primary N) is 1. The maximum absolute atomic E-state index is 13.4. The summed E-state index contributed by atoms with van der Waals surface area (Å²) in [6.45, 7) is 6.13. The fourth-order valence-corrected chi connectivity index (χ4v) is 5.57. The average molecular weight is 460 g/mol. The van der Waals surface area contributed by atoms with Gasteiger partial charge in [0.1, 0.15) is 16.5 Å². The van der Waals surface area contributed by atoms with Gasteiger partial charge in [0.05, 0.1) is 27.7 Å². The van der Waals surface area contributed by atoms with E-state index in [9.17, 15) is 4.79 Å². The van der Waals surface area contributed by atoms with Crippen LogP contribution in [-0.2, 0) is 5.75 Å². The summed E-state index contributed by atoms with van der Waals surface area (Å²) in [6, 6.07) is 15.3. The van der Waals surface area contributed by atoms with Crippen LogP contribution in [0.15, 0.2) is 58.5 Å². The second kappa shape index (κ2) is 8.03. The van der Waals surface area contributed by atoms with Gasteiger partial charge in [0.25, 0.3) is 5.56 Å². The first-order chi connectivity index (χ1) is 15.4. The van der Waals surface area contributed by atoms with Crippen LogP contribution in [0.25, 0.3) is 26.8 Å². The molecule has 0 unspecified atom stereocenters. The van der Waals surface area contributed by atoms with Crippen molar-refractivity contribution >= 4 is 50.0 Å². The number of nitrogens with zero attached hydrogens (tertiary/aromatic N) is 4. The van der Waals surface area contributed by atoms with Gasteiger partial charge in [-0.3, -0.25) is 9.36 Å². The second-order valence-corrected chi connectivity index (χ2v) is 9.81. The topological polar surface area (TPSA) is 86.7 Å². The molecule has 0 saturated heterocycles. The van der Waals surface area contributed by atoms with Crippen molar-refractivity contribution < 1.29 is 0 Å². The van der Waals surface area contributed by atoms with E-state index in [1.807, 2.05) is 62.4 Å². The van der Waals surface area contributed by atoms with Crippen LogP contribution in [0.1, 0.15) is 21.8 Å². The van der Waals surface area contributed by atoms with Gasteiger partial charge in [0.15, 0.2) is 5.16 Å². The molecule has 0 aliphatic heterocycles. The van der Waals surface area contributed by atoms with Crippen molar-refractivity contribution in [1.29, 1.82) is 0 Å². The molecule has 0 aliphatic carbocycles. The Hall–Kier alpha value is -3.23. The Morgan fingerprint density at radius 1 is 1.00 bits per heavy atom. The SMILES string of the molecule is Cc1ccc(-n2c(SCc3nc(N)c4c(C)c(C)sc4n3)nc3ccccc3c2=O)cc1. The maximum atomic E-state index is 13.4. The first-order valence-electron chi connectivity index (χ1n) is 10.2. The Balaban J connectivity index is 1.59. The van der Waals surface area contributed by atoms with Crippen molar-refractivity contribution in [2.24, 2.45) is 0 Å². The average Bonchev–Trinajstić information content (AvgIpc) is 3.07. The molecule has 3 heterocycles. The lowest BCUT2D eigenvalue weighted by Crippen LogP contribution is -2.21. The molecule has 0 saturated carbocycles. The largest absolute Gasteiger partial charge is 0.383 e. The molecule has 3 aromatic heterocycles. The fourth-order valence-electron chi connectivity index (χ4n) is 3.65. The van der Waals surface area contributed by atoms with Crippen LogP contribution in [0.3, 0.4) is 0 Å². The van der Waals surface area contributed by atoms with Crippen LogP contribution >= 0.6 is 23.1 Å². The summed E-state index contributed by atoms with van der Waals surface area (Å²) in [5.74, 6) is 1.57. The van der Waals surface area contributed by atoms with Gasteiger partial charge in [-0.25, -0.2) is 15.0 Å². The van der Waals surface area contributed by atoms with Crippen molar-refractivity contribution in [3.05, 3.63) is 80.7 Å². The highest BCUT2D eigenvalue weighted by Gasteiger charge is 2.16. The number of rotatable bonds is 4. The number of aromatic nitrogens is 4. The number of hydrogen-bond donors (Lipinski definition) is 1. The van der Waals surface area contributed by atoms with Crippen LogP contribution in [0.2, 0.25) is 0 Å². The predicted molar refractivity (Wildman–Crippen MR) is 133 cm³/mol. The number of thioether (sulfide) groups is 1. The highest BCUT2D eigenvalue weighted by molar-refractivity contribution is 7.98. The Labute approximate surface area is 193 Å². The molecule has 5 aromatic rings. The van der Waals surface area contributed by atoms with E-state index in [1.54, 1.807) is 15.9 Å². The zero-order valence-corrected chi connectivity index (χ0v) is 19.5. The fraction of sp³-hybridized carbons (Fsp3) is 0.167. The van der Waals surface area contributed by atoms with E-state index in [0.717, 1.165) is 27.0 Å². The zero-order chi connectivity index (χ0) is 22.4. The van der Waals surface area contributed by atoms with Gasteiger partial charge >= 0.3 is 0 Å². The smallest absolute Gasteiger partial charge is 0.266 e. The number of aryl methyl sites for hydroxylation is 3. The minimum Gasteiger partial charge on any atom is -0.383 e. The van der Waals surface area contributed by atoms with Crippen molar-refractivity contribution in [1.82, 2.24) is 19.5 Å². The van der Waals surface area contributed by atoms with Crippen LogP contribution < -0.4 is 11.3 Å². The number of benzene rings is 2. The van der Waals surface area contributed by atoms with Gasteiger partial charge in [-0.2, -0.15) is 0 Å². The number of nitrogen functional groups attached to an aromatic ring is 1. The van der Waals surface area contributed by atoms with E-state index >= 15 is 0 Å². The molecule has 0 radical (unpaired) electrons. The van der Waals surface area contributed by atoms with E-state index < -0.39 is 0 Å². The molecular formula is C24H21N5OS2. The minimum atomic E-state index is -0.0951. The Kier molecular flexibility index (Phi) is 5.19. The van der Waals surface area contributed by atoms with E-state index in [4.69, 9.17) is 15.7 Å². The number of fused-ring (bicyclic) bond motifs is 2. The molecule has 160 valence electrons. The second-order valence-electron chi connectivity index (χ2n) is 7.66. The standard InChI is InChI=1S/C24H21N5OS2/c1-13-8-10-16(11-9-13)29-23(30)17-6-4-5-7-18(17)26-24(29)31-12-19-27-21(25)20-14(2)15(3)32-22(20)28-19/h4-11H,12H2,1-3H3,(H2,25,27,28). The predicted octanol–water partition coefficient (Wildman–Crippen LogP) is 5.19. The van der Waals surface area contributed by atoms with Gasteiger partial charge < -0.3 is 5.73 Å². The normalized spacial score (nSPS) is 11.5. The molecule has 0 amide bonds. The third kappa shape index (κ3) is 3.55. The molecule has 2 aromatic carbocycles. The van der Waals surface area contributed by atoms with E-state index in [-0.39, 0.29) is 5.56 Å². The van der Waals surface area contributed by atoms with E-state index in [0.29, 0.717) is 33.5 Å². The summed E-state index contributed by atoms with van der Waals surface area (Å²) in [7, 11) is 0. The van der Waals surface area contributed by atoms with Crippen molar-refractivity contribution in [2.45, 2.75) is 31.7 Å². The Morgan fingerprint density at radius 2 is 1.75 bits per heavy atom. The van der Waals surface area contributed by atoms with Gasteiger partial charge in [0, 0.05) is 4.88 Å². The molecule has 0 bridgehead atoms. The molecule has 8 heteroatoms. The van der Waals surface area contributed by atoms with Gasteiger partial charge in [-0.1, -0.05) is 41.6 Å². The molecule has 32 heavy (non-hydrogen) atoms. The van der Waals surface area contributed by atoms with Crippen molar-refractivity contribution in [3.8, 4) is 5.69 Å². The summed E-state index contributed by atoms with van der Waals surface area (Å²) >= 11 is 3.06. The molecule has 6 nitrogen and oxygen atoms in total. The maximum Gasteiger partial charge on any atom is 0.266 e. The molecule has 5 rings (SSSR count). The van der Waals surface area contributed by atoms with E-state index in [1.165, 1.54) is 16.6 Å². The molecule has 2 N–H and O–H groups in total. The van der Waals surface area contributed by atoms with Gasteiger partial charge in [0.2, 0.25) is 0 Å². The summed E-state index contributed by atoms with van der Waals surface area (Å²) in [6.07, 6.45) is 0. The van der Waals surface area contributed by atoms with E-state index in [2.05, 4.69) is 11.9 Å². The van der Waals surface area contributed by atoms with Crippen LogP contribution in [-0.4, -0.2) is 19.5 Å². The quantitative estimate of drug-likeness (QED) is 0.294. The third-order valence-corrected chi connectivity index (χ3v) is 7.51. The summed E-state index contributed by atoms with van der Waals surface area (Å²) in [4.78, 5) is 29.5. The molecular weight excluding hydrogens is 438 g/mol. The third-order valence-electron chi connectivity index (χ3n) is 5.47. The number of anilines is 1. The lowest BCUT2D eigenvalue weighted by Gasteiger charge is -2.13.